The lowest BCUT2D eigenvalue weighted by atomic mass is 10.0. The van der Waals surface area contributed by atoms with E-state index in [1.165, 1.54) is 70.6 Å². The van der Waals surface area contributed by atoms with Gasteiger partial charge in [-0.05, 0) is 16.8 Å². The first kappa shape index (κ1) is 25.4. The molecule has 0 bridgehead atoms. The number of carbonyl (C=O) groups excluding carboxylic acids is 1. The Bertz CT molecular complexity index is 647. The van der Waals surface area contributed by atoms with Crippen molar-refractivity contribution in [1.29, 1.82) is 0 Å². The highest BCUT2D eigenvalue weighted by atomic mass is 28.3. The summed E-state index contributed by atoms with van der Waals surface area (Å²) < 4.78 is 6.03. The van der Waals surface area contributed by atoms with Crippen molar-refractivity contribution < 1.29 is 9.22 Å². The highest BCUT2D eigenvalue weighted by Crippen LogP contribution is 2.13. The molecule has 0 saturated heterocycles. The number of hydrogen-bond donors (Lipinski definition) is 0. The molecule has 170 valence electrons. The molecule has 0 aliphatic rings. The number of benzene rings is 2. The van der Waals surface area contributed by atoms with Gasteiger partial charge in [0.25, 0.3) is 5.97 Å². The predicted molar refractivity (Wildman–Crippen MR) is 136 cm³/mol. The molecule has 2 rings (SSSR count). The summed E-state index contributed by atoms with van der Waals surface area (Å²) in [6.45, 7) is 2.27. The smallest absolute Gasteiger partial charge is 0.302 e. The molecule has 0 radical (unpaired) electrons. The zero-order valence-electron chi connectivity index (χ0n) is 19.6. The SMILES string of the molecule is CCCCCCCCCCCCCCCC(=O)O[SiH](c1ccccc1)c1ccccc1. The summed E-state index contributed by atoms with van der Waals surface area (Å²) in [5, 5.41) is 2.32. The zero-order valence-corrected chi connectivity index (χ0v) is 20.7. The van der Waals surface area contributed by atoms with E-state index in [0.29, 0.717) is 6.42 Å². The van der Waals surface area contributed by atoms with Crippen LogP contribution in [0.3, 0.4) is 0 Å². The molecule has 0 N–H and O–H groups in total. The lowest BCUT2D eigenvalue weighted by Gasteiger charge is -2.17. The van der Waals surface area contributed by atoms with Crippen molar-refractivity contribution in [1.82, 2.24) is 0 Å². The largest absolute Gasteiger partial charge is 0.513 e. The summed E-state index contributed by atoms with van der Waals surface area (Å²) in [6.07, 6.45) is 17.7. The van der Waals surface area contributed by atoms with Crippen LogP contribution >= 0.6 is 0 Å². The molecule has 0 amide bonds. The fourth-order valence-electron chi connectivity index (χ4n) is 4.06. The Morgan fingerprint density at radius 3 is 1.42 bits per heavy atom. The van der Waals surface area contributed by atoms with Crippen LogP contribution < -0.4 is 10.4 Å². The topological polar surface area (TPSA) is 26.3 Å². The van der Waals surface area contributed by atoms with E-state index in [2.05, 4.69) is 31.2 Å². The van der Waals surface area contributed by atoms with E-state index in [0.717, 1.165) is 23.2 Å². The number of unbranched alkanes of at least 4 members (excludes halogenated alkanes) is 12. The van der Waals surface area contributed by atoms with Crippen LogP contribution in [0.15, 0.2) is 60.7 Å². The molecule has 0 aliphatic heterocycles. The van der Waals surface area contributed by atoms with Gasteiger partial charge in [-0.1, -0.05) is 145 Å². The Morgan fingerprint density at radius 2 is 1.00 bits per heavy atom. The molecule has 3 heteroatoms. The molecule has 2 nitrogen and oxygen atoms in total. The van der Waals surface area contributed by atoms with Crippen molar-refractivity contribution in [3.05, 3.63) is 60.7 Å². The molecule has 0 saturated carbocycles. The second kappa shape index (κ2) is 16.8. The van der Waals surface area contributed by atoms with Crippen molar-refractivity contribution in [2.24, 2.45) is 0 Å². The summed E-state index contributed by atoms with van der Waals surface area (Å²) in [5.41, 5.74) is 0. The molecule has 0 atom stereocenters. The molecule has 0 heterocycles. The Kier molecular flexibility index (Phi) is 13.7. The molecule has 0 aliphatic carbocycles. The lowest BCUT2D eigenvalue weighted by Crippen LogP contribution is -2.46. The highest BCUT2D eigenvalue weighted by molar-refractivity contribution is 6.81. The maximum atomic E-state index is 12.5. The van der Waals surface area contributed by atoms with Gasteiger partial charge in [0.2, 0.25) is 0 Å². The quantitative estimate of drug-likeness (QED) is 0.207. The van der Waals surface area contributed by atoms with Gasteiger partial charge in [-0.2, -0.15) is 0 Å². The molecule has 0 aromatic heterocycles. The summed E-state index contributed by atoms with van der Waals surface area (Å²) >= 11 is 0. The molecular formula is C28H42O2Si. The normalized spacial score (nSPS) is 11.0. The Labute approximate surface area is 192 Å². The van der Waals surface area contributed by atoms with Gasteiger partial charge in [-0.25, -0.2) is 0 Å². The molecule has 31 heavy (non-hydrogen) atoms. The summed E-state index contributed by atoms with van der Waals surface area (Å²) in [5.74, 6) is -0.0348. The Balaban J connectivity index is 1.56. The average Bonchev–Trinajstić information content (AvgIpc) is 2.81. The van der Waals surface area contributed by atoms with Gasteiger partial charge in [0.15, 0.2) is 0 Å². The maximum Gasteiger partial charge on any atom is 0.302 e. The van der Waals surface area contributed by atoms with Crippen LogP contribution in [-0.2, 0) is 9.22 Å². The standard InChI is InChI=1S/C28H42O2Si/c1-2-3-4-5-6-7-8-9-10-11-12-13-20-25-28(29)30-31(26-21-16-14-17-22-26)27-23-18-15-19-24-27/h14-19,21-24,31H,2-13,20,25H2,1H3. The van der Waals surface area contributed by atoms with E-state index < -0.39 is 9.04 Å². The van der Waals surface area contributed by atoms with Crippen molar-refractivity contribution in [3.8, 4) is 0 Å². The lowest BCUT2D eigenvalue weighted by molar-refractivity contribution is -0.134. The van der Waals surface area contributed by atoms with Gasteiger partial charge in [-0.3, -0.25) is 4.79 Å². The fraction of sp³-hybridized carbons (Fsp3) is 0.536. The Morgan fingerprint density at radius 1 is 0.613 bits per heavy atom. The third-order valence-electron chi connectivity index (χ3n) is 5.94. The summed E-state index contributed by atoms with van der Waals surface area (Å²) in [6, 6.07) is 20.5. The van der Waals surface area contributed by atoms with Crippen LogP contribution in [0.2, 0.25) is 0 Å². The van der Waals surface area contributed by atoms with Gasteiger partial charge in [0, 0.05) is 6.42 Å². The van der Waals surface area contributed by atoms with Crippen LogP contribution in [0.5, 0.6) is 0 Å². The zero-order chi connectivity index (χ0) is 22.0. The van der Waals surface area contributed by atoms with Gasteiger partial charge in [-0.15, -0.1) is 0 Å². The minimum absolute atomic E-state index is 0.0348. The molecule has 0 unspecified atom stereocenters. The Hall–Kier alpha value is -1.87. The minimum atomic E-state index is -1.95. The van der Waals surface area contributed by atoms with Crippen LogP contribution in [0.1, 0.15) is 96.8 Å². The molecule has 2 aromatic rings. The van der Waals surface area contributed by atoms with Crippen LogP contribution in [0.4, 0.5) is 0 Å². The fourth-order valence-corrected chi connectivity index (χ4v) is 6.24. The molecular weight excluding hydrogens is 396 g/mol. The van der Waals surface area contributed by atoms with E-state index in [4.69, 9.17) is 4.43 Å². The monoisotopic (exact) mass is 438 g/mol. The van der Waals surface area contributed by atoms with E-state index >= 15 is 0 Å². The third kappa shape index (κ3) is 11.4. The number of hydrogen-bond acceptors (Lipinski definition) is 2. The number of rotatable bonds is 17. The molecule has 2 aromatic carbocycles. The first-order chi connectivity index (χ1) is 15.3. The molecule has 0 fully saturated rings. The molecule has 0 spiro atoms. The van der Waals surface area contributed by atoms with Crippen molar-refractivity contribution in [2.75, 3.05) is 0 Å². The maximum absolute atomic E-state index is 12.5. The van der Waals surface area contributed by atoms with Gasteiger partial charge in [0.05, 0.1) is 0 Å². The predicted octanol–water partition coefficient (Wildman–Crippen LogP) is 6.55. The van der Waals surface area contributed by atoms with E-state index in [-0.39, 0.29) is 5.97 Å². The second-order valence-electron chi connectivity index (χ2n) is 8.68. The first-order valence-electron chi connectivity index (χ1n) is 12.6. The first-order valence-corrected chi connectivity index (χ1v) is 14.2. The summed E-state index contributed by atoms with van der Waals surface area (Å²) in [7, 11) is -1.95. The minimum Gasteiger partial charge on any atom is -0.513 e. The van der Waals surface area contributed by atoms with Crippen molar-refractivity contribution in [3.63, 3.8) is 0 Å². The van der Waals surface area contributed by atoms with Gasteiger partial charge in [0.1, 0.15) is 0 Å². The second-order valence-corrected chi connectivity index (χ2v) is 11.0. The third-order valence-corrected chi connectivity index (χ3v) is 8.42. The van der Waals surface area contributed by atoms with Crippen LogP contribution in [-0.4, -0.2) is 15.0 Å². The van der Waals surface area contributed by atoms with Crippen molar-refractivity contribution >= 4 is 25.4 Å². The van der Waals surface area contributed by atoms with E-state index in [9.17, 15) is 4.79 Å². The van der Waals surface area contributed by atoms with E-state index in [1.54, 1.807) is 0 Å². The van der Waals surface area contributed by atoms with E-state index in [1.807, 2.05) is 36.4 Å². The average molecular weight is 439 g/mol. The summed E-state index contributed by atoms with van der Waals surface area (Å²) in [4.78, 5) is 12.5. The number of carbonyl (C=O) groups is 1. The van der Waals surface area contributed by atoms with Crippen molar-refractivity contribution in [2.45, 2.75) is 96.8 Å². The van der Waals surface area contributed by atoms with Crippen LogP contribution in [0, 0.1) is 0 Å². The van der Waals surface area contributed by atoms with Gasteiger partial charge < -0.3 is 4.43 Å². The van der Waals surface area contributed by atoms with Crippen LogP contribution in [0.25, 0.3) is 0 Å². The van der Waals surface area contributed by atoms with Gasteiger partial charge >= 0.3 is 9.04 Å². The highest BCUT2D eigenvalue weighted by Gasteiger charge is 2.21.